The molecule has 4 nitrogen and oxygen atoms in total. The van der Waals surface area contributed by atoms with E-state index in [1.54, 1.807) is 17.5 Å². The zero-order valence-corrected chi connectivity index (χ0v) is 9.96. The van der Waals surface area contributed by atoms with Gasteiger partial charge >= 0.3 is 0 Å². The van der Waals surface area contributed by atoms with E-state index >= 15 is 0 Å². The number of nitrogens with two attached hydrogens (primary N) is 1. The molecule has 0 radical (unpaired) electrons. The van der Waals surface area contributed by atoms with E-state index in [1.165, 1.54) is 0 Å². The van der Waals surface area contributed by atoms with Crippen LogP contribution in [0, 0.1) is 0 Å². The van der Waals surface area contributed by atoms with Gasteiger partial charge < -0.3 is 15.4 Å². The lowest BCUT2D eigenvalue weighted by Gasteiger charge is -2.38. The normalized spacial score (nSPS) is 26.9. The highest BCUT2D eigenvalue weighted by Gasteiger charge is 2.27. The van der Waals surface area contributed by atoms with Crippen LogP contribution in [0.2, 0.25) is 0 Å². The SMILES string of the molecule is CCC1COC(C)CN1c1ncc(N)s1. The molecule has 0 spiro atoms. The van der Waals surface area contributed by atoms with E-state index < -0.39 is 0 Å². The number of ether oxygens (including phenoxy) is 1. The zero-order chi connectivity index (χ0) is 10.8. The first-order valence-electron chi connectivity index (χ1n) is 5.30. The first-order valence-corrected chi connectivity index (χ1v) is 6.12. The van der Waals surface area contributed by atoms with Crippen LogP contribution >= 0.6 is 11.3 Å². The molecule has 0 bridgehead atoms. The minimum Gasteiger partial charge on any atom is -0.389 e. The first-order chi connectivity index (χ1) is 7.20. The van der Waals surface area contributed by atoms with Crippen LogP contribution < -0.4 is 10.6 Å². The molecule has 84 valence electrons. The average Bonchev–Trinajstić information content (AvgIpc) is 2.65. The van der Waals surface area contributed by atoms with Crippen molar-refractivity contribution in [3.8, 4) is 0 Å². The number of hydrogen-bond donors (Lipinski definition) is 1. The Balaban J connectivity index is 2.16. The predicted octanol–water partition coefficient (Wildman–Crippen LogP) is 1.73. The third-order valence-electron chi connectivity index (χ3n) is 2.70. The standard InChI is InChI=1S/C10H17N3OS/c1-3-8-6-14-7(2)5-13(8)10-12-4-9(11)15-10/h4,7-8H,3,5-6,11H2,1-2H3. The summed E-state index contributed by atoms with van der Waals surface area (Å²) in [5, 5.41) is 1.80. The van der Waals surface area contributed by atoms with Gasteiger partial charge in [0.25, 0.3) is 0 Å². The van der Waals surface area contributed by atoms with Gasteiger partial charge in [-0.25, -0.2) is 4.98 Å². The second-order valence-corrected chi connectivity index (χ2v) is 4.94. The lowest BCUT2D eigenvalue weighted by molar-refractivity contribution is 0.0299. The molecule has 2 N–H and O–H groups in total. The molecule has 2 rings (SSSR count). The third kappa shape index (κ3) is 2.23. The van der Waals surface area contributed by atoms with Gasteiger partial charge in [-0.15, -0.1) is 0 Å². The van der Waals surface area contributed by atoms with Crippen LogP contribution in [-0.2, 0) is 4.74 Å². The molecule has 0 amide bonds. The summed E-state index contributed by atoms with van der Waals surface area (Å²) in [7, 11) is 0. The summed E-state index contributed by atoms with van der Waals surface area (Å²) in [6, 6.07) is 0.437. The molecule has 1 aliphatic heterocycles. The summed E-state index contributed by atoms with van der Waals surface area (Å²) in [5.41, 5.74) is 5.70. The Kier molecular flexibility index (Phi) is 3.11. The first kappa shape index (κ1) is 10.7. The number of thiazole rings is 1. The summed E-state index contributed by atoms with van der Waals surface area (Å²) in [6.45, 7) is 5.96. The Morgan fingerprint density at radius 3 is 3.13 bits per heavy atom. The molecule has 1 aromatic heterocycles. The van der Waals surface area contributed by atoms with E-state index in [9.17, 15) is 0 Å². The fourth-order valence-corrected chi connectivity index (χ4v) is 2.59. The molecule has 2 unspecified atom stereocenters. The maximum Gasteiger partial charge on any atom is 0.187 e. The van der Waals surface area contributed by atoms with E-state index in [-0.39, 0.29) is 6.10 Å². The zero-order valence-electron chi connectivity index (χ0n) is 9.14. The Hall–Kier alpha value is -0.810. The van der Waals surface area contributed by atoms with E-state index in [0.29, 0.717) is 6.04 Å². The van der Waals surface area contributed by atoms with Gasteiger partial charge in [0.15, 0.2) is 5.13 Å². The van der Waals surface area contributed by atoms with Crippen molar-refractivity contribution in [2.24, 2.45) is 0 Å². The van der Waals surface area contributed by atoms with E-state index in [2.05, 4.69) is 23.7 Å². The van der Waals surface area contributed by atoms with Crippen LogP contribution in [0.3, 0.4) is 0 Å². The van der Waals surface area contributed by atoms with Crippen molar-refractivity contribution in [2.75, 3.05) is 23.8 Å². The van der Waals surface area contributed by atoms with Crippen molar-refractivity contribution < 1.29 is 4.74 Å². The Bertz CT molecular complexity index is 328. The predicted molar refractivity (Wildman–Crippen MR) is 63.4 cm³/mol. The molecular weight excluding hydrogens is 210 g/mol. The second-order valence-electron chi connectivity index (χ2n) is 3.90. The number of morpholine rings is 1. The average molecular weight is 227 g/mol. The molecule has 0 saturated carbocycles. The number of anilines is 2. The summed E-state index contributed by atoms with van der Waals surface area (Å²) in [4.78, 5) is 6.65. The van der Waals surface area contributed by atoms with Crippen molar-refractivity contribution in [3.05, 3.63) is 6.20 Å². The summed E-state index contributed by atoms with van der Waals surface area (Å²) in [5.74, 6) is 0. The molecule has 15 heavy (non-hydrogen) atoms. The number of hydrogen-bond acceptors (Lipinski definition) is 5. The van der Waals surface area contributed by atoms with Gasteiger partial charge in [0, 0.05) is 6.54 Å². The molecular formula is C10H17N3OS. The number of rotatable bonds is 2. The van der Waals surface area contributed by atoms with Gasteiger partial charge in [-0.1, -0.05) is 18.3 Å². The Labute approximate surface area is 94.1 Å². The van der Waals surface area contributed by atoms with Crippen LogP contribution in [0.15, 0.2) is 6.20 Å². The Morgan fingerprint density at radius 1 is 1.73 bits per heavy atom. The van der Waals surface area contributed by atoms with Crippen molar-refractivity contribution in [3.63, 3.8) is 0 Å². The summed E-state index contributed by atoms with van der Waals surface area (Å²) in [6.07, 6.45) is 3.08. The van der Waals surface area contributed by atoms with Gasteiger partial charge in [-0.3, -0.25) is 0 Å². The van der Waals surface area contributed by atoms with Gasteiger partial charge in [0.05, 0.1) is 24.9 Å². The molecule has 2 heterocycles. The van der Waals surface area contributed by atoms with Crippen molar-refractivity contribution in [1.82, 2.24) is 4.98 Å². The smallest absolute Gasteiger partial charge is 0.187 e. The fraction of sp³-hybridized carbons (Fsp3) is 0.700. The molecule has 2 atom stereocenters. The highest BCUT2D eigenvalue weighted by atomic mass is 32.1. The van der Waals surface area contributed by atoms with Crippen molar-refractivity contribution >= 4 is 21.5 Å². The third-order valence-corrected chi connectivity index (χ3v) is 3.56. The minimum absolute atomic E-state index is 0.276. The lowest BCUT2D eigenvalue weighted by atomic mass is 10.1. The molecule has 0 aromatic carbocycles. The van der Waals surface area contributed by atoms with Crippen LogP contribution in [-0.4, -0.2) is 30.3 Å². The maximum atomic E-state index is 5.70. The quantitative estimate of drug-likeness (QED) is 0.836. The van der Waals surface area contributed by atoms with Crippen molar-refractivity contribution in [1.29, 1.82) is 0 Å². The number of aromatic nitrogens is 1. The van der Waals surface area contributed by atoms with Crippen LogP contribution in [0.4, 0.5) is 10.1 Å². The van der Waals surface area contributed by atoms with E-state index in [1.807, 2.05) is 0 Å². The van der Waals surface area contributed by atoms with Gasteiger partial charge in [0.2, 0.25) is 0 Å². The lowest BCUT2D eigenvalue weighted by Crippen LogP contribution is -2.48. The molecule has 0 aliphatic carbocycles. The highest BCUT2D eigenvalue weighted by molar-refractivity contribution is 7.19. The molecule has 5 heteroatoms. The van der Waals surface area contributed by atoms with Gasteiger partial charge in [-0.2, -0.15) is 0 Å². The molecule has 1 saturated heterocycles. The summed E-state index contributed by atoms with van der Waals surface area (Å²) < 4.78 is 5.64. The van der Waals surface area contributed by atoms with Crippen molar-refractivity contribution in [2.45, 2.75) is 32.4 Å². The Morgan fingerprint density at radius 2 is 2.53 bits per heavy atom. The van der Waals surface area contributed by atoms with E-state index in [0.717, 1.165) is 29.7 Å². The highest BCUT2D eigenvalue weighted by Crippen LogP contribution is 2.28. The van der Waals surface area contributed by atoms with Crippen LogP contribution in [0.5, 0.6) is 0 Å². The van der Waals surface area contributed by atoms with Crippen LogP contribution in [0.1, 0.15) is 20.3 Å². The monoisotopic (exact) mass is 227 g/mol. The molecule has 1 aliphatic rings. The second kappa shape index (κ2) is 4.37. The van der Waals surface area contributed by atoms with E-state index in [4.69, 9.17) is 10.5 Å². The maximum absolute atomic E-state index is 5.70. The topological polar surface area (TPSA) is 51.4 Å². The molecule has 1 aromatic rings. The number of nitrogens with zero attached hydrogens (tertiary/aromatic N) is 2. The number of nitrogen functional groups attached to an aromatic ring is 1. The van der Waals surface area contributed by atoms with Gasteiger partial charge in [0.1, 0.15) is 5.00 Å². The fourth-order valence-electron chi connectivity index (χ4n) is 1.83. The van der Waals surface area contributed by atoms with Gasteiger partial charge in [-0.05, 0) is 13.3 Å². The molecule has 1 fully saturated rings. The van der Waals surface area contributed by atoms with Crippen LogP contribution in [0.25, 0.3) is 0 Å². The largest absolute Gasteiger partial charge is 0.389 e. The summed E-state index contributed by atoms with van der Waals surface area (Å²) >= 11 is 1.55. The minimum atomic E-state index is 0.276.